The highest BCUT2D eigenvalue weighted by Crippen LogP contribution is 2.16. The minimum Gasteiger partial charge on any atom is -0.493 e. The SMILES string of the molecule is CC(C)NC(C)(CCOc1cccc(CO)c1)C(N)=O. The van der Waals surface area contributed by atoms with E-state index in [1.165, 1.54) is 0 Å². The molecule has 0 aromatic heterocycles. The first-order valence-electron chi connectivity index (χ1n) is 6.77. The van der Waals surface area contributed by atoms with Gasteiger partial charge in [-0.1, -0.05) is 12.1 Å². The van der Waals surface area contributed by atoms with E-state index in [-0.39, 0.29) is 18.6 Å². The van der Waals surface area contributed by atoms with Gasteiger partial charge in [0, 0.05) is 12.5 Å². The van der Waals surface area contributed by atoms with E-state index in [9.17, 15) is 4.79 Å². The van der Waals surface area contributed by atoms with E-state index in [4.69, 9.17) is 15.6 Å². The molecule has 1 unspecified atom stereocenters. The Labute approximate surface area is 120 Å². The monoisotopic (exact) mass is 280 g/mol. The van der Waals surface area contributed by atoms with Gasteiger partial charge in [0.25, 0.3) is 0 Å². The number of hydrogen-bond donors (Lipinski definition) is 3. The average Bonchev–Trinajstić information content (AvgIpc) is 2.38. The summed E-state index contributed by atoms with van der Waals surface area (Å²) in [5.41, 5.74) is 5.46. The fourth-order valence-corrected chi connectivity index (χ4v) is 2.01. The van der Waals surface area contributed by atoms with E-state index in [1.54, 1.807) is 13.0 Å². The van der Waals surface area contributed by atoms with Crippen molar-refractivity contribution in [2.24, 2.45) is 5.73 Å². The summed E-state index contributed by atoms with van der Waals surface area (Å²) in [6, 6.07) is 7.39. The quantitative estimate of drug-likeness (QED) is 0.668. The summed E-state index contributed by atoms with van der Waals surface area (Å²) in [6.45, 7) is 6.06. The van der Waals surface area contributed by atoms with Gasteiger partial charge in [-0.05, 0) is 38.5 Å². The zero-order valence-electron chi connectivity index (χ0n) is 12.3. The number of benzene rings is 1. The molecule has 1 rings (SSSR count). The van der Waals surface area contributed by atoms with Gasteiger partial charge in [-0.3, -0.25) is 4.79 Å². The first-order chi connectivity index (χ1) is 9.37. The van der Waals surface area contributed by atoms with Crippen molar-refractivity contribution in [3.63, 3.8) is 0 Å². The molecule has 0 bridgehead atoms. The van der Waals surface area contributed by atoms with Crippen LogP contribution in [0.15, 0.2) is 24.3 Å². The number of aliphatic hydroxyl groups excluding tert-OH is 1. The molecule has 0 radical (unpaired) electrons. The summed E-state index contributed by atoms with van der Waals surface area (Å²) in [5, 5.41) is 12.2. The van der Waals surface area contributed by atoms with Crippen LogP contribution in [0.3, 0.4) is 0 Å². The minimum absolute atomic E-state index is 0.0227. The van der Waals surface area contributed by atoms with E-state index in [0.717, 1.165) is 5.56 Å². The Bertz CT molecular complexity index is 448. The lowest BCUT2D eigenvalue weighted by molar-refractivity contribution is -0.124. The molecule has 5 heteroatoms. The molecule has 112 valence electrons. The van der Waals surface area contributed by atoms with Crippen molar-refractivity contribution in [3.05, 3.63) is 29.8 Å². The number of nitrogens with one attached hydrogen (secondary N) is 1. The van der Waals surface area contributed by atoms with Crippen molar-refractivity contribution in [2.45, 2.75) is 45.4 Å². The third kappa shape index (κ3) is 4.83. The van der Waals surface area contributed by atoms with Crippen LogP contribution in [0.25, 0.3) is 0 Å². The zero-order valence-corrected chi connectivity index (χ0v) is 12.3. The Morgan fingerprint density at radius 2 is 2.20 bits per heavy atom. The van der Waals surface area contributed by atoms with Crippen molar-refractivity contribution < 1.29 is 14.6 Å². The first-order valence-corrected chi connectivity index (χ1v) is 6.77. The van der Waals surface area contributed by atoms with E-state index in [0.29, 0.717) is 18.8 Å². The maximum absolute atomic E-state index is 11.6. The van der Waals surface area contributed by atoms with Crippen LogP contribution in [0.4, 0.5) is 0 Å². The van der Waals surface area contributed by atoms with E-state index in [2.05, 4.69) is 5.32 Å². The highest BCUT2D eigenvalue weighted by atomic mass is 16.5. The summed E-state index contributed by atoms with van der Waals surface area (Å²) < 4.78 is 5.62. The second kappa shape index (κ2) is 7.26. The third-order valence-corrected chi connectivity index (χ3v) is 3.10. The van der Waals surface area contributed by atoms with Gasteiger partial charge in [0.2, 0.25) is 5.91 Å². The van der Waals surface area contributed by atoms with E-state index < -0.39 is 5.54 Å². The average molecular weight is 280 g/mol. The van der Waals surface area contributed by atoms with Crippen LogP contribution in [0.5, 0.6) is 5.75 Å². The maximum Gasteiger partial charge on any atom is 0.237 e. The lowest BCUT2D eigenvalue weighted by Crippen LogP contribution is -2.56. The number of nitrogens with two attached hydrogens (primary N) is 1. The number of carbonyl (C=O) groups excluding carboxylic acids is 1. The Kier molecular flexibility index (Phi) is 5.98. The molecule has 0 aliphatic heterocycles. The predicted molar refractivity (Wildman–Crippen MR) is 78.3 cm³/mol. The van der Waals surface area contributed by atoms with Crippen molar-refractivity contribution in [3.8, 4) is 5.75 Å². The Morgan fingerprint density at radius 3 is 2.75 bits per heavy atom. The van der Waals surface area contributed by atoms with Crippen LogP contribution < -0.4 is 15.8 Å². The summed E-state index contributed by atoms with van der Waals surface area (Å²) >= 11 is 0. The number of ether oxygens (including phenoxy) is 1. The van der Waals surface area contributed by atoms with Gasteiger partial charge in [0.1, 0.15) is 5.75 Å². The topological polar surface area (TPSA) is 84.6 Å². The van der Waals surface area contributed by atoms with E-state index >= 15 is 0 Å². The molecule has 1 aromatic rings. The van der Waals surface area contributed by atoms with Gasteiger partial charge in [0.05, 0.1) is 18.8 Å². The molecule has 20 heavy (non-hydrogen) atoms. The number of primary amides is 1. The van der Waals surface area contributed by atoms with Gasteiger partial charge in [-0.15, -0.1) is 0 Å². The zero-order chi connectivity index (χ0) is 15.2. The fourth-order valence-electron chi connectivity index (χ4n) is 2.01. The first kappa shape index (κ1) is 16.5. The molecule has 0 spiro atoms. The van der Waals surface area contributed by atoms with E-state index in [1.807, 2.05) is 32.0 Å². The van der Waals surface area contributed by atoms with Crippen LogP contribution in [0, 0.1) is 0 Å². The summed E-state index contributed by atoms with van der Waals surface area (Å²) in [7, 11) is 0. The number of amides is 1. The van der Waals surface area contributed by atoms with Crippen LogP contribution in [0.1, 0.15) is 32.8 Å². The molecular formula is C15H24N2O3. The molecule has 0 fully saturated rings. The number of hydrogen-bond acceptors (Lipinski definition) is 4. The van der Waals surface area contributed by atoms with Gasteiger partial charge in [0.15, 0.2) is 0 Å². The largest absolute Gasteiger partial charge is 0.493 e. The molecule has 1 aromatic carbocycles. The fraction of sp³-hybridized carbons (Fsp3) is 0.533. The maximum atomic E-state index is 11.6. The minimum atomic E-state index is -0.789. The molecule has 0 aliphatic rings. The van der Waals surface area contributed by atoms with Crippen LogP contribution in [-0.4, -0.2) is 29.2 Å². The smallest absolute Gasteiger partial charge is 0.237 e. The number of aliphatic hydroxyl groups is 1. The van der Waals surface area contributed by atoms with Gasteiger partial charge >= 0.3 is 0 Å². The summed E-state index contributed by atoms with van der Waals surface area (Å²) in [4.78, 5) is 11.6. The molecule has 5 nitrogen and oxygen atoms in total. The lowest BCUT2D eigenvalue weighted by atomic mass is 9.96. The Balaban J connectivity index is 2.58. The highest BCUT2D eigenvalue weighted by Gasteiger charge is 2.31. The normalized spacial score (nSPS) is 14.1. The van der Waals surface area contributed by atoms with Crippen LogP contribution in [-0.2, 0) is 11.4 Å². The number of rotatable bonds is 8. The Morgan fingerprint density at radius 1 is 1.50 bits per heavy atom. The van der Waals surface area contributed by atoms with Crippen LogP contribution >= 0.6 is 0 Å². The lowest BCUT2D eigenvalue weighted by Gasteiger charge is -2.29. The molecule has 0 saturated carbocycles. The molecule has 1 amide bonds. The molecule has 0 aliphatic carbocycles. The van der Waals surface area contributed by atoms with Gasteiger partial charge in [-0.2, -0.15) is 0 Å². The molecule has 1 atom stereocenters. The third-order valence-electron chi connectivity index (χ3n) is 3.10. The molecule has 4 N–H and O–H groups in total. The second-order valence-electron chi connectivity index (χ2n) is 5.40. The molecule has 0 heterocycles. The van der Waals surface area contributed by atoms with Crippen molar-refractivity contribution >= 4 is 5.91 Å². The van der Waals surface area contributed by atoms with Crippen molar-refractivity contribution in [1.82, 2.24) is 5.32 Å². The predicted octanol–water partition coefficient (Wildman–Crippen LogP) is 1.19. The summed E-state index contributed by atoms with van der Waals surface area (Å²) in [5.74, 6) is 0.284. The molecular weight excluding hydrogens is 256 g/mol. The van der Waals surface area contributed by atoms with Crippen molar-refractivity contribution in [1.29, 1.82) is 0 Å². The standard InChI is InChI=1S/C15H24N2O3/c1-11(2)17-15(3,14(16)19)7-8-20-13-6-4-5-12(9-13)10-18/h4-6,9,11,17-18H,7-8,10H2,1-3H3,(H2,16,19). The summed E-state index contributed by atoms with van der Waals surface area (Å²) in [6.07, 6.45) is 0.476. The van der Waals surface area contributed by atoms with Crippen LogP contribution in [0.2, 0.25) is 0 Å². The van der Waals surface area contributed by atoms with Gasteiger partial charge in [-0.25, -0.2) is 0 Å². The molecule has 0 saturated heterocycles. The van der Waals surface area contributed by atoms with Gasteiger partial charge < -0.3 is 20.9 Å². The number of carbonyl (C=O) groups is 1. The Hall–Kier alpha value is -1.59. The highest BCUT2D eigenvalue weighted by molar-refractivity contribution is 5.84. The van der Waals surface area contributed by atoms with Crippen molar-refractivity contribution in [2.75, 3.05) is 6.61 Å². The second-order valence-corrected chi connectivity index (χ2v) is 5.40.